The highest BCUT2D eigenvalue weighted by atomic mass is 35.5. The third-order valence-electron chi connectivity index (χ3n) is 3.82. The normalized spacial score (nSPS) is 20.2. The number of hydrogen-bond donors (Lipinski definition) is 1. The van der Waals surface area contributed by atoms with E-state index in [0.717, 1.165) is 38.0 Å². The van der Waals surface area contributed by atoms with E-state index in [1.807, 2.05) is 6.07 Å². The molecule has 112 valence electrons. The summed E-state index contributed by atoms with van der Waals surface area (Å²) in [6.07, 6.45) is 5.73. The van der Waals surface area contributed by atoms with Crippen molar-refractivity contribution in [3.63, 3.8) is 0 Å². The van der Waals surface area contributed by atoms with Gasteiger partial charge in [-0.25, -0.2) is 4.39 Å². The molecular weight excluding hydrogens is 277 g/mol. The molecule has 0 radical (unpaired) electrons. The summed E-state index contributed by atoms with van der Waals surface area (Å²) in [6.45, 7) is 3.92. The van der Waals surface area contributed by atoms with E-state index in [-0.39, 0.29) is 10.8 Å². The van der Waals surface area contributed by atoms with E-state index in [4.69, 9.17) is 16.3 Å². The average molecular weight is 300 g/mol. The van der Waals surface area contributed by atoms with Gasteiger partial charge in [0.2, 0.25) is 0 Å². The van der Waals surface area contributed by atoms with Gasteiger partial charge in [-0.05, 0) is 56.3 Å². The fourth-order valence-electron chi connectivity index (χ4n) is 2.78. The Balaban J connectivity index is 1.88. The van der Waals surface area contributed by atoms with E-state index in [1.54, 1.807) is 12.1 Å². The molecule has 0 saturated carbocycles. The van der Waals surface area contributed by atoms with Crippen LogP contribution in [0.4, 0.5) is 4.39 Å². The molecule has 1 fully saturated rings. The molecule has 0 aromatic heterocycles. The van der Waals surface area contributed by atoms with Crippen molar-refractivity contribution in [3.05, 3.63) is 34.6 Å². The molecule has 1 aromatic carbocycles. The van der Waals surface area contributed by atoms with Crippen LogP contribution in [0.3, 0.4) is 0 Å². The Morgan fingerprint density at radius 1 is 1.50 bits per heavy atom. The lowest BCUT2D eigenvalue weighted by Gasteiger charge is -2.20. The van der Waals surface area contributed by atoms with Crippen molar-refractivity contribution in [1.82, 2.24) is 5.32 Å². The molecule has 2 unspecified atom stereocenters. The van der Waals surface area contributed by atoms with Crippen LogP contribution in [0.5, 0.6) is 0 Å². The Morgan fingerprint density at radius 3 is 3.00 bits per heavy atom. The van der Waals surface area contributed by atoms with Crippen LogP contribution in [-0.4, -0.2) is 25.3 Å². The summed E-state index contributed by atoms with van der Waals surface area (Å²) in [5.41, 5.74) is 0.991. The lowest BCUT2D eigenvalue weighted by molar-refractivity contribution is 0.0996. The molecule has 1 saturated heterocycles. The van der Waals surface area contributed by atoms with Crippen molar-refractivity contribution in [2.45, 2.75) is 51.2 Å². The van der Waals surface area contributed by atoms with Gasteiger partial charge in [0.1, 0.15) is 5.82 Å². The summed E-state index contributed by atoms with van der Waals surface area (Å²) in [4.78, 5) is 0. The summed E-state index contributed by atoms with van der Waals surface area (Å²) in [5.74, 6) is -0.335. The summed E-state index contributed by atoms with van der Waals surface area (Å²) in [5, 5.41) is 3.67. The van der Waals surface area contributed by atoms with Crippen molar-refractivity contribution in [3.8, 4) is 0 Å². The second kappa shape index (κ2) is 7.96. The Kier molecular flexibility index (Phi) is 6.27. The van der Waals surface area contributed by atoms with Gasteiger partial charge in [-0.15, -0.1) is 0 Å². The first kappa shape index (κ1) is 15.7. The van der Waals surface area contributed by atoms with Gasteiger partial charge < -0.3 is 10.1 Å². The largest absolute Gasteiger partial charge is 0.378 e. The topological polar surface area (TPSA) is 21.3 Å². The lowest BCUT2D eigenvalue weighted by atomic mass is 9.99. The van der Waals surface area contributed by atoms with Gasteiger partial charge in [-0.1, -0.05) is 24.6 Å². The zero-order valence-electron chi connectivity index (χ0n) is 12.0. The van der Waals surface area contributed by atoms with Crippen molar-refractivity contribution in [2.75, 3.05) is 13.2 Å². The molecule has 20 heavy (non-hydrogen) atoms. The van der Waals surface area contributed by atoms with E-state index in [0.29, 0.717) is 12.1 Å². The smallest absolute Gasteiger partial charge is 0.142 e. The molecule has 2 nitrogen and oxygen atoms in total. The third kappa shape index (κ3) is 4.72. The lowest BCUT2D eigenvalue weighted by Crippen LogP contribution is -2.32. The molecule has 4 heteroatoms. The minimum absolute atomic E-state index is 0.188. The molecule has 2 rings (SSSR count). The number of likely N-dealkylation sites (N-methyl/N-ethyl adjacent to an activating group) is 1. The summed E-state index contributed by atoms with van der Waals surface area (Å²) in [7, 11) is 0. The van der Waals surface area contributed by atoms with Crippen LogP contribution >= 0.6 is 11.6 Å². The number of halogens is 2. The minimum atomic E-state index is -0.335. The number of nitrogens with one attached hydrogen (secondary N) is 1. The standard InChI is InChI=1S/C16H23ClFNO/c1-2-19-13(6-7-14-4-3-9-20-14)10-12-5-8-15(17)16(18)11-12/h5,8,11,13-14,19H,2-4,6-7,9-10H2,1H3. The molecule has 1 aromatic rings. The van der Waals surface area contributed by atoms with Crippen LogP contribution in [0, 0.1) is 5.82 Å². The molecular formula is C16H23ClFNO. The van der Waals surface area contributed by atoms with Crippen molar-refractivity contribution < 1.29 is 9.13 Å². The summed E-state index contributed by atoms with van der Waals surface area (Å²) in [6, 6.07) is 5.44. The highest BCUT2D eigenvalue weighted by molar-refractivity contribution is 6.30. The second-order valence-corrected chi connectivity index (χ2v) is 5.83. The van der Waals surface area contributed by atoms with Crippen LogP contribution in [0.1, 0.15) is 38.2 Å². The van der Waals surface area contributed by atoms with Crippen molar-refractivity contribution >= 4 is 11.6 Å². The SMILES string of the molecule is CCNC(CCC1CCCO1)Cc1ccc(Cl)c(F)c1. The van der Waals surface area contributed by atoms with Crippen LogP contribution < -0.4 is 5.32 Å². The fourth-order valence-corrected chi connectivity index (χ4v) is 2.89. The molecule has 1 aliphatic heterocycles. The molecule has 1 aliphatic rings. The monoisotopic (exact) mass is 299 g/mol. The fraction of sp³-hybridized carbons (Fsp3) is 0.625. The van der Waals surface area contributed by atoms with E-state index >= 15 is 0 Å². The van der Waals surface area contributed by atoms with Gasteiger partial charge in [0.15, 0.2) is 0 Å². The maximum Gasteiger partial charge on any atom is 0.142 e. The number of rotatable bonds is 7. The Bertz CT molecular complexity index is 421. The van der Waals surface area contributed by atoms with Gasteiger partial charge >= 0.3 is 0 Å². The highest BCUT2D eigenvalue weighted by Gasteiger charge is 2.18. The van der Waals surface area contributed by atoms with Crippen molar-refractivity contribution in [1.29, 1.82) is 0 Å². The molecule has 0 amide bonds. The highest BCUT2D eigenvalue weighted by Crippen LogP contribution is 2.20. The van der Waals surface area contributed by atoms with E-state index in [1.165, 1.54) is 12.8 Å². The minimum Gasteiger partial charge on any atom is -0.378 e. The summed E-state index contributed by atoms with van der Waals surface area (Å²) >= 11 is 5.72. The van der Waals surface area contributed by atoms with Gasteiger partial charge in [0.25, 0.3) is 0 Å². The van der Waals surface area contributed by atoms with Gasteiger partial charge in [-0.3, -0.25) is 0 Å². The second-order valence-electron chi connectivity index (χ2n) is 5.42. The molecule has 0 spiro atoms. The first-order valence-corrected chi connectivity index (χ1v) is 7.85. The van der Waals surface area contributed by atoms with Crippen molar-refractivity contribution in [2.24, 2.45) is 0 Å². The predicted molar refractivity (Wildman–Crippen MR) is 80.8 cm³/mol. The molecule has 0 bridgehead atoms. The van der Waals surface area contributed by atoms with E-state index in [9.17, 15) is 4.39 Å². The maximum atomic E-state index is 13.5. The molecule has 1 N–H and O–H groups in total. The van der Waals surface area contributed by atoms with E-state index < -0.39 is 0 Å². The van der Waals surface area contributed by atoms with Crippen LogP contribution in [0.25, 0.3) is 0 Å². The first-order chi connectivity index (χ1) is 9.69. The zero-order valence-corrected chi connectivity index (χ0v) is 12.8. The Morgan fingerprint density at radius 2 is 2.35 bits per heavy atom. The number of hydrogen-bond acceptors (Lipinski definition) is 2. The average Bonchev–Trinajstić information content (AvgIpc) is 2.94. The number of ether oxygens (including phenoxy) is 1. The Hall–Kier alpha value is -0.640. The zero-order chi connectivity index (χ0) is 14.4. The first-order valence-electron chi connectivity index (χ1n) is 7.48. The predicted octanol–water partition coefficient (Wildman–Crippen LogP) is 3.96. The van der Waals surface area contributed by atoms with Gasteiger partial charge in [0, 0.05) is 12.6 Å². The van der Waals surface area contributed by atoms with Crippen LogP contribution in [-0.2, 0) is 11.2 Å². The van der Waals surface area contributed by atoms with Crippen LogP contribution in [0.2, 0.25) is 5.02 Å². The maximum absolute atomic E-state index is 13.5. The summed E-state index contributed by atoms with van der Waals surface area (Å²) < 4.78 is 19.1. The Labute approximate surface area is 125 Å². The number of benzene rings is 1. The van der Waals surface area contributed by atoms with Gasteiger partial charge in [0.05, 0.1) is 11.1 Å². The molecule has 2 atom stereocenters. The molecule has 1 heterocycles. The van der Waals surface area contributed by atoms with E-state index in [2.05, 4.69) is 12.2 Å². The third-order valence-corrected chi connectivity index (χ3v) is 4.13. The van der Waals surface area contributed by atoms with Crippen LogP contribution in [0.15, 0.2) is 18.2 Å². The van der Waals surface area contributed by atoms with Gasteiger partial charge in [-0.2, -0.15) is 0 Å². The molecule has 0 aliphatic carbocycles. The quantitative estimate of drug-likeness (QED) is 0.823.